The summed E-state index contributed by atoms with van der Waals surface area (Å²) in [5.41, 5.74) is 0.693. The van der Waals surface area contributed by atoms with Gasteiger partial charge in [0.1, 0.15) is 29.5 Å². The van der Waals surface area contributed by atoms with Crippen molar-refractivity contribution < 1.29 is 13.6 Å². The fourth-order valence-electron chi connectivity index (χ4n) is 2.16. The highest BCUT2D eigenvalue weighted by Crippen LogP contribution is 2.18. The molecule has 5 nitrogen and oxygen atoms in total. The first-order valence-electron chi connectivity index (χ1n) is 7.48. The zero-order valence-electron chi connectivity index (χ0n) is 13.0. The van der Waals surface area contributed by atoms with Crippen molar-refractivity contribution in [3.8, 4) is 0 Å². The number of hydrogen-bond donors (Lipinski definition) is 2. The quantitative estimate of drug-likeness (QED) is 0.747. The summed E-state index contributed by atoms with van der Waals surface area (Å²) >= 11 is 0. The molecule has 0 saturated carbocycles. The third-order valence-electron chi connectivity index (χ3n) is 3.43. The molecule has 2 aromatic carbocycles. The number of nitrogens with one attached hydrogen (secondary N) is 2. The standard InChI is InChI=1S/C18H14F2N4O/c19-13-6-2-1-5-12(13)10-21-18(25)16-9-17(23-11-22-16)24-15-8-4-3-7-14(15)20/h1-9,11H,10H2,(H,21,25)(H,22,23,24). The highest BCUT2D eigenvalue weighted by atomic mass is 19.1. The number of nitrogens with zero attached hydrogens (tertiary/aromatic N) is 2. The fraction of sp³-hybridized carbons (Fsp3) is 0.0556. The van der Waals surface area contributed by atoms with Crippen LogP contribution in [0.25, 0.3) is 0 Å². The summed E-state index contributed by atoms with van der Waals surface area (Å²) in [4.78, 5) is 20.0. The van der Waals surface area contributed by atoms with E-state index in [0.717, 1.165) is 0 Å². The molecule has 1 heterocycles. The van der Waals surface area contributed by atoms with Crippen LogP contribution in [0.15, 0.2) is 60.9 Å². The van der Waals surface area contributed by atoms with Gasteiger partial charge in [-0.3, -0.25) is 4.79 Å². The molecule has 0 spiro atoms. The van der Waals surface area contributed by atoms with Crippen molar-refractivity contribution in [2.24, 2.45) is 0 Å². The Morgan fingerprint density at radius 2 is 1.68 bits per heavy atom. The lowest BCUT2D eigenvalue weighted by molar-refractivity contribution is 0.0945. The van der Waals surface area contributed by atoms with Gasteiger partial charge in [0, 0.05) is 18.2 Å². The van der Waals surface area contributed by atoms with Crippen molar-refractivity contribution in [2.45, 2.75) is 6.54 Å². The van der Waals surface area contributed by atoms with Gasteiger partial charge in [-0.1, -0.05) is 30.3 Å². The molecule has 1 amide bonds. The van der Waals surface area contributed by atoms with E-state index in [-0.39, 0.29) is 23.7 Å². The number of rotatable bonds is 5. The molecule has 0 unspecified atom stereocenters. The van der Waals surface area contributed by atoms with Crippen molar-refractivity contribution >= 4 is 17.4 Å². The summed E-state index contributed by atoms with van der Waals surface area (Å²) in [5.74, 6) is -1.04. The van der Waals surface area contributed by atoms with Crippen molar-refractivity contribution in [1.82, 2.24) is 15.3 Å². The second-order valence-electron chi connectivity index (χ2n) is 5.17. The molecule has 0 aliphatic heterocycles. The van der Waals surface area contributed by atoms with E-state index in [2.05, 4.69) is 20.6 Å². The molecule has 3 rings (SSSR count). The topological polar surface area (TPSA) is 66.9 Å². The van der Waals surface area contributed by atoms with Crippen LogP contribution in [-0.2, 0) is 6.54 Å². The normalized spacial score (nSPS) is 10.3. The number of halogens is 2. The Hall–Kier alpha value is -3.35. The van der Waals surface area contributed by atoms with Crippen LogP contribution in [-0.4, -0.2) is 15.9 Å². The first-order valence-corrected chi connectivity index (χ1v) is 7.48. The lowest BCUT2D eigenvalue weighted by atomic mass is 10.2. The minimum Gasteiger partial charge on any atom is -0.347 e. The molecular formula is C18H14F2N4O. The summed E-state index contributed by atoms with van der Waals surface area (Å²) in [6, 6.07) is 13.7. The summed E-state index contributed by atoms with van der Waals surface area (Å²) in [5, 5.41) is 5.37. The van der Waals surface area contributed by atoms with Gasteiger partial charge in [0.15, 0.2) is 0 Å². The Kier molecular flexibility index (Phi) is 4.94. The third-order valence-corrected chi connectivity index (χ3v) is 3.43. The predicted molar refractivity (Wildman–Crippen MR) is 89.3 cm³/mol. The minimum atomic E-state index is -0.484. The van der Waals surface area contributed by atoms with Gasteiger partial charge < -0.3 is 10.6 Å². The predicted octanol–water partition coefficient (Wildman–Crippen LogP) is 3.43. The fourth-order valence-corrected chi connectivity index (χ4v) is 2.16. The largest absolute Gasteiger partial charge is 0.347 e. The average Bonchev–Trinajstić information content (AvgIpc) is 2.63. The van der Waals surface area contributed by atoms with E-state index < -0.39 is 17.5 Å². The average molecular weight is 340 g/mol. The van der Waals surface area contributed by atoms with Crippen LogP contribution in [0.4, 0.5) is 20.3 Å². The molecule has 0 aliphatic carbocycles. The first kappa shape index (κ1) is 16.5. The smallest absolute Gasteiger partial charge is 0.270 e. The number of carbonyl (C=O) groups excluding carboxylic acids is 1. The number of hydrogen-bond acceptors (Lipinski definition) is 4. The van der Waals surface area contributed by atoms with Crippen LogP contribution in [0.3, 0.4) is 0 Å². The van der Waals surface area contributed by atoms with E-state index in [1.54, 1.807) is 36.4 Å². The molecule has 2 N–H and O–H groups in total. The third kappa shape index (κ3) is 4.14. The van der Waals surface area contributed by atoms with Gasteiger partial charge in [0.2, 0.25) is 0 Å². The molecule has 7 heteroatoms. The Bertz CT molecular complexity index is 902. The van der Waals surface area contributed by atoms with Crippen LogP contribution >= 0.6 is 0 Å². The van der Waals surface area contributed by atoms with Crippen LogP contribution in [0, 0.1) is 11.6 Å². The zero-order valence-corrected chi connectivity index (χ0v) is 13.0. The molecule has 0 fully saturated rings. The van der Waals surface area contributed by atoms with Crippen molar-refractivity contribution in [1.29, 1.82) is 0 Å². The van der Waals surface area contributed by atoms with Crippen LogP contribution in [0.2, 0.25) is 0 Å². The summed E-state index contributed by atoms with van der Waals surface area (Å²) in [6.07, 6.45) is 1.20. The van der Waals surface area contributed by atoms with Crippen molar-refractivity contribution in [3.63, 3.8) is 0 Å². The maximum atomic E-state index is 13.7. The highest BCUT2D eigenvalue weighted by Gasteiger charge is 2.10. The van der Waals surface area contributed by atoms with Gasteiger partial charge in [-0.05, 0) is 18.2 Å². The molecule has 0 radical (unpaired) electrons. The second-order valence-corrected chi connectivity index (χ2v) is 5.17. The summed E-state index contributed by atoms with van der Waals surface area (Å²) < 4.78 is 27.2. The monoisotopic (exact) mass is 340 g/mol. The van der Waals surface area contributed by atoms with Gasteiger partial charge >= 0.3 is 0 Å². The Labute approximate surface area is 142 Å². The SMILES string of the molecule is O=C(NCc1ccccc1F)c1cc(Nc2ccccc2F)ncn1. The van der Waals surface area contributed by atoms with Crippen molar-refractivity contribution in [3.05, 3.63) is 83.8 Å². The Morgan fingerprint density at radius 1 is 0.960 bits per heavy atom. The van der Waals surface area contributed by atoms with Crippen LogP contribution < -0.4 is 10.6 Å². The Morgan fingerprint density at radius 3 is 2.44 bits per heavy atom. The molecular weight excluding hydrogens is 326 g/mol. The van der Waals surface area contributed by atoms with E-state index in [4.69, 9.17) is 0 Å². The number of aromatic nitrogens is 2. The van der Waals surface area contributed by atoms with E-state index in [1.165, 1.54) is 24.5 Å². The molecule has 3 aromatic rings. The van der Waals surface area contributed by atoms with E-state index in [9.17, 15) is 13.6 Å². The number of anilines is 2. The van der Waals surface area contributed by atoms with E-state index in [0.29, 0.717) is 5.56 Å². The van der Waals surface area contributed by atoms with Crippen molar-refractivity contribution in [2.75, 3.05) is 5.32 Å². The van der Waals surface area contributed by atoms with Crippen LogP contribution in [0.5, 0.6) is 0 Å². The lowest BCUT2D eigenvalue weighted by Crippen LogP contribution is -2.24. The molecule has 1 aromatic heterocycles. The maximum absolute atomic E-state index is 13.7. The van der Waals surface area contributed by atoms with E-state index in [1.807, 2.05) is 0 Å². The van der Waals surface area contributed by atoms with Gasteiger partial charge in [-0.25, -0.2) is 18.7 Å². The number of amides is 1. The Balaban J connectivity index is 1.69. The number of benzene rings is 2. The zero-order chi connectivity index (χ0) is 17.6. The second kappa shape index (κ2) is 7.48. The van der Waals surface area contributed by atoms with Gasteiger partial charge in [-0.2, -0.15) is 0 Å². The summed E-state index contributed by atoms with van der Waals surface area (Å²) in [7, 11) is 0. The molecule has 0 saturated heterocycles. The number of para-hydroxylation sites is 1. The maximum Gasteiger partial charge on any atom is 0.270 e. The van der Waals surface area contributed by atoms with Gasteiger partial charge in [0.25, 0.3) is 5.91 Å². The lowest BCUT2D eigenvalue weighted by Gasteiger charge is -2.08. The van der Waals surface area contributed by atoms with Gasteiger partial charge in [-0.15, -0.1) is 0 Å². The van der Waals surface area contributed by atoms with E-state index >= 15 is 0 Å². The minimum absolute atomic E-state index is 0.0333. The summed E-state index contributed by atoms with van der Waals surface area (Å²) in [6.45, 7) is 0.0333. The molecule has 0 bridgehead atoms. The number of carbonyl (C=O) groups is 1. The van der Waals surface area contributed by atoms with Crippen LogP contribution in [0.1, 0.15) is 16.1 Å². The first-order chi connectivity index (χ1) is 12.1. The molecule has 25 heavy (non-hydrogen) atoms. The molecule has 0 aliphatic rings. The molecule has 0 atom stereocenters. The van der Waals surface area contributed by atoms with Gasteiger partial charge in [0.05, 0.1) is 5.69 Å². The highest BCUT2D eigenvalue weighted by molar-refractivity contribution is 5.92. The molecule has 126 valence electrons.